The Hall–Kier alpha value is -2.15. The van der Waals surface area contributed by atoms with Crippen LogP contribution in [-0.2, 0) is 14.3 Å². The van der Waals surface area contributed by atoms with Gasteiger partial charge in [-0.3, -0.25) is 9.59 Å². The highest BCUT2D eigenvalue weighted by Gasteiger charge is 2.29. The van der Waals surface area contributed by atoms with Crippen molar-refractivity contribution in [3.63, 3.8) is 0 Å². The number of carbonyl (C=O) groups excluding carboxylic acids is 1. The van der Waals surface area contributed by atoms with Gasteiger partial charge in [-0.1, -0.05) is 12.1 Å². The Kier molecular flexibility index (Phi) is 6.99. The zero-order chi connectivity index (χ0) is 17.4. The summed E-state index contributed by atoms with van der Waals surface area (Å²) in [6, 6.07) is 5.96. The number of hydrogen-bond acceptors (Lipinski definition) is 4. The van der Waals surface area contributed by atoms with Gasteiger partial charge in [0.2, 0.25) is 5.91 Å². The van der Waals surface area contributed by atoms with E-state index >= 15 is 0 Å². The minimum absolute atomic E-state index is 0.00575. The lowest BCUT2D eigenvalue weighted by Crippen LogP contribution is -2.39. The molecule has 2 rings (SSSR count). The van der Waals surface area contributed by atoms with Crippen LogP contribution in [-0.4, -0.2) is 43.3 Å². The normalized spacial score (nSPS) is 16.4. The molecule has 1 aromatic rings. The number of benzene rings is 1. The van der Waals surface area contributed by atoms with Crippen LogP contribution in [0.3, 0.4) is 0 Å². The summed E-state index contributed by atoms with van der Waals surface area (Å²) in [4.78, 5) is 23.2. The summed E-state index contributed by atoms with van der Waals surface area (Å²) >= 11 is 0. The predicted molar refractivity (Wildman–Crippen MR) is 84.2 cm³/mol. The Morgan fingerprint density at radius 2 is 2.04 bits per heavy atom. The topological polar surface area (TPSA) is 84.9 Å². The van der Waals surface area contributed by atoms with E-state index < -0.39 is 17.7 Å². The number of rotatable bonds is 8. The van der Waals surface area contributed by atoms with Gasteiger partial charge in [-0.15, -0.1) is 0 Å². The molecule has 1 heterocycles. The number of nitrogens with one attached hydrogen (secondary N) is 1. The van der Waals surface area contributed by atoms with Crippen LogP contribution in [0.4, 0.5) is 4.39 Å². The van der Waals surface area contributed by atoms with Gasteiger partial charge >= 0.3 is 5.97 Å². The zero-order valence-corrected chi connectivity index (χ0v) is 13.4. The minimum atomic E-state index is -0.912. The van der Waals surface area contributed by atoms with Crippen molar-refractivity contribution in [3.8, 4) is 5.75 Å². The Morgan fingerprint density at radius 1 is 1.33 bits per heavy atom. The molecule has 1 unspecified atom stereocenters. The van der Waals surface area contributed by atoms with E-state index in [1.54, 1.807) is 12.1 Å². The molecule has 0 saturated carbocycles. The number of carboxylic acid groups (broad SMARTS) is 1. The summed E-state index contributed by atoms with van der Waals surface area (Å²) in [7, 11) is 0. The van der Waals surface area contributed by atoms with Crippen molar-refractivity contribution < 1.29 is 28.6 Å². The molecular formula is C17H22FNO5. The first-order chi connectivity index (χ1) is 11.6. The van der Waals surface area contributed by atoms with E-state index in [-0.39, 0.29) is 37.1 Å². The van der Waals surface area contributed by atoms with Crippen LogP contribution in [0.1, 0.15) is 19.3 Å². The number of amides is 1. The molecule has 1 amide bonds. The van der Waals surface area contributed by atoms with E-state index in [1.165, 1.54) is 12.1 Å². The molecule has 1 atom stereocenters. The smallest absolute Gasteiger partial charge is 0.308 e. The first kappa shape index (κ1) is 18.2. The molecule has 0 radical (unpaired) electrons. The van der Waals surface area contributed by atoms with Crippen LogP contribution >= 0.6 is 0 Å². The summed E-state index contributed by atoms with van der Waals surface area (Å²) in [5, 5.41) is 12.0. The molecule has 0 bridgehead atoms. The number of halogens is 1. The highest BCUT2D eigenvalue weighted by atomic mass is 19.1. The molecule has 6 nitrogen and oxygen atoms in total. The van der Waals surface area contributed by atoms with E-state index in [4.69, 9.17) is 9.47 Å². The molecule has 0 aliphatic carbocycles. The van der Waals surface area contributed by atoms with Crippen LogP contribution in [0, 0.1) is 17.7 Å². The highest BCUT2D eigenvalue weighted by Crippen LogP contribution is 2.23. The fourth-order valence-corrected chi connectivity index (χ4v) is 2.70. The SMILES string of the molecule is O=C(CCOc1ccccc1F)NCC(C(=O)O)C1CCOCC1. The zero-order valence-electron chi connectivity index (χ0n) is 13.4. The van der Waals surface area contributed by atoms with Gasteiger partial charge in [0, 0.05) is 19.8 Å². The minimum Gasteiger partial charge on any atom is -0.490 e. The standard InChI is InChI=1S/C17H22FNO5/c18-14-3-1-2-4-15(14)24-10-7-16(20)19-11-13(17(21)22)12-5-8-23-9-6-12/h1-4,12-13H,5-11H2,(H,19,20)(H,21,22). The second kappa shape index (κ2) is 9.22. The summed E-state index contributed by atoms with van der Waals surface area (Å²) in [5.74, 6) is -2.23. The lowest BCUT2D eigenvalue weighted by Gasteiger charge is -2.27. The first-order valence-corrected chi connectivity index (χ1v) is 8.02. The van der Waals surface area contributed by atoms with Crippen molar-refractivity contribution >= 4 is 11.9 Å². The number of para-hydroxylation sites is 1. The monoisotopic (exact) mass is 339 g/mol. The maximum Gasteiger partial charge on any atom is 0.308 e. The lowest BCUT2D eigenvalue weighted by molar-refractivity contribution is -0.145. The third-order valence-corrected chi connectivity index (χ3v) is 4.09. The van der Waals surface area contributed by atoms with Gasteiger partial charge in [-0.25, -0.2) is 4.39 Å². The van der Waals surface area contributed by atoms with E-state index in [9.17, 15) is 19.1 Å². The largest absolute Gasteiger partial charge is 0.490 e. The van der Waals surface area contributed by atoms with E-state index in [1.807, 2.05) is 0 Å². The van der Waals surface area contributed by atoms with Crippen LogP contribution in [0.5, 0.6) is 5.75 Å². The van der Waals surface area contributed by atoms with Crippen LogP contribution < -0.4 is 10.1 Å². The molecule has 7 heteroatoms. The molecule has 1 aliphatic heterocycles. The quantitative estimate of drug-likeness (QED) is 0.755. The van der Waals surface area contributed by atoms with Gasteiger partial charge in [0.1, 0.15) is 0 Å². The Bertz CT molecular complexity index is 560. The van der Waals surface area contributed by atoms with Gasteiger partial charge in [0.15, 0.2) is 11.6 Å². The van der Waals surface area contributed by atoms with Crippen molar-refractivity contribution in [2.24, 2.45) is 11.8 Å². The number of ether oxygens (including phenoxy) is 2. The van der Waals surface area contributed by atoms with Crippen LogP contribution in [0.2, 0.25) is 0 Å². The van der Waals surface area contributed by atoms with E-state index in [2.05, 4.69) is 5.32 Å². The average Bonchev–Trinajstić information content (AvgIpc) is 2.57. The van der Waals surface area contributed by atoms with Crippen LogP contribution in [0.25, 0.3) is 0 Å². The molecule has 1 aromatic carbocycles. The summed E-state index contributed by atoms with van der Waals surface area (Å²) in [5.41, 5.74) is 0. The summed E-state index contributed by atoms with van der Waals surface area (Å²) in [6.45, 7) is 1.22. The average molecular weight is 339 g/mol. The maximum atomic E-state index is 13.4. The van der Waals surface area contributed by atoms with Gasteiger partial charge < -0.3 is 19.9 Å². The Balaban J connectivity index is 1.72. The number of aliphatic carboxylic acids is 1. The molecule has 132 valence electrons. The summed E-state index contributed by atoms with van der Waals surface area (Å²) in [6.07, 6.45) is 1.40. The van der Waals surface area contributed by atoms with Gasteiger partial charge in [0.25, 0.3) is 0 Å². The molecule has 24 heavy (non-hydrogen) atoms. The molecule has 0 aromatic heterocycles. The first-order valence-electron chi connectivity index (χ1n) is 8.02. The predicted octanol–water partition coefficient (Wildman–Crippen LogP) is 1.84. The maximum absolute atomic E-state index is 13.4. The second-order valence-corrected chi connectivity index (χ2v) is 5.73. The molecule has 1 fully saturated rings. The van der Waals surface area contributed by atoms with Gasteiger partial charge in [-0.2, -0.15) is 0 Å². The third kappa shape index (κ3) is 5.49. The molecule has 0 spiro atoms. The van der Waals surface area contributed by atoms with Crippen LogP contribution in [0.15, 0.2) is 24.3 Å². The van der Waals surface area contributed by atoms with Crippen molar-refractivity contribution in [1.29, 1.82) is 0 Å². The summed E-state index contributed by atoms with van der Waals surface area (Å²) < 4.78 is 23.8. The van der Waals surface area contributed by atoms with Crippen molar-refractivity contribution in [1.82, 2.24) is 5.32 Å². The van der Waals surface area contributed by atoms with E-state index in [0.717, 1.165) is 0 Å². The molecule has 1 saturated heterocycles. The van der Waals surface area contributed by atoms with Gasteiger partial charge in [0.05, 0.1) is 18.9 Å². The van der Waals surface area contributed by atoms with E-state index in [0.29, 0.717) is 26.1 Å². The van der Waals surface area contributed by atoms with Crippen molar-refractivity contribution in [2.45, 2.75) is 19.3 Å². The number of carboxylic acids is 1. The van der Waals surface area contributed by atoms with Crippen molar-refractivity contribution in [2.75, 3.05) is 26.4 Å². The number of hydrogen-bond donors (Lipinski definition) is 2. The Labute approximate surface area is 139 Å². The lowest BCUT2D eigenvalue weighted by atomic mass is 9.86. The Morgan fingerprint density at radius 3 is 2.71 bits per heavy atom. The molecule has 2 N–H and O–H groups in total. The fraction of sp³-hybridized carbons (Fsp3) is 0.529. The molecule has 1 aliphatic rings. The van der Waals surface area contributed by atoms with Gasteiger partial charge in [-0.05, 0) is 30.9 Å². The number of carbonyl (C=O) groups is 2. The highest BCUT2D eigenvalue weighted by molar-refractivity contribution is 5.77. The fourth-order valence-electron chi connectivity index (χ4n) is 2.70. The van der Waals surface area contributed by atoms with Crippen molar-refractivity contribution in [3.05, 3.63) is 30.1 Å². The third-order valence-electron chi connectivity index (χ3n) is 4.09. The molecular weight excluding hydrogens is 317 g/mol. The second-order valence-electron chi connectivity index (χ2n) is 5.73.